The second-order valence-corrected chi connectivity index (χ2v) is 10.5. The van der Waals surface area contributed by atoms with Crippen molar-refractivity contribution in [2.75, 3.05) is 11.8 Å². The van der Waals surface area contributed by atoms with Gasteiger partial charge in [0.05, 0.1) is 23.3 Å². The molecule has 4 rings (SSSR count). The number of anilines is 1. The fourth-order valence-electron chi connectivity index (χ4n) is 4.64. The molecule has 0 saturated heterocycles. The van der Waals surface area contributed by atoms with Crippen molar-refractivity contribution in [1.29, 1.82) is 0 Å². The smallest absolute Gasteiger partial charge is 0.335 e. The summed E-state index contributed by atoms with van der Waals surface area (Å²) in [6.07, 6.45) is 0. The van der Waals surface area contributed by atoms with Gasteiger partial charge in [-0.2, -0.15) is 0 Å². The average molecular weight is 506 g/mol. The van der Waals surface area contributed by atoms with E-state index in [0.29, 0.717) is 44.3 Å². The minimum absolute atomic E-state index is 0.0743. The van der Waals surface area contributed by atoms with Crippen LogP contribution in [0.25, 0.3) is 21.9 Å². The third-order valence-corrected chi connectivity index (χ3v) is 7.79. The number of aryl methyl sites for hydroxylation is 3. The zero-order valence-corrected chi connectivity index (χ0v) is 21.4. The first-order valence-electron chi connectivity index (χ1n) is 11.2. The Labute approximate surface area is 210 Å². The Morgan fingerprint density at radius 2 is 1.50 bits per heavy atom. The van der Waals surface area contributed by atoms with Gasteiger partial charge in [0, 0.05) is 16.7 Å². The fourth-order valence-corrected chi connectivity index (χ4v) is 5.71. The highest BCUT2D eigenvalue weighted by molar-refractivity contribution is 7.92. The number of hydrogen-bond donors (Lipinski definition) is 3. The Bertz CT molecular complexity index is 1620. The molecule has 0 aliphatic carbocycles. The fraction of sp³-hybridized carbons (Fsp3) is 0.179. The quantitative estimate of drug-likeness (QED) is 0.298. The lowest BCUT2D eigenvalue weighted by Gasteiger charge is -2.22. The van der Waals surface area contributed by atoms with Gasteiger partial charge in [-0.1, -0.05) is 29.8 Å². The molecule has 0 spiro atoms. The largest absolute Gasteiger partial charge is 0.507 e. The number of hydrogen-bond acceptors (Lipinski definition) is 5. The number of fused-ring (bicyclic) bond motifs is 1. The van der Waals surface area contributed by atoms with Crippen molar-refractivity contribution in [3.05, 3.63) is 82.4 Å². The third-order valence-electron chi connectivity index (χ3n) is 6.41. The van der Waals surface area contributed by atoms with Crippen molar-refractivity contribution >= 4 is 32.5 Å². The zero-order chi connectivity index (χ0) is 26.4. The van der Waals surface area contributed by atoms with Crippen LogP contribution in [0.2, 0.25) is 0 Å². The summed E-state index contributed by atoms with van der Waals surface area (Å²) in [7, 11) is -2.43. The number of benzene rings is 4. The summed E-state index contributed by atoms with van der Waals surface area (Å²) in [6, 6.07) is 14.4. The van der Waals surface area contributed by atoms with Crippen LogP contribution in [0.15, 0.2) is 59.5 Å². The zero-order valence-electron chi connectivity index (χ0n) is 20.6. The van der Waals surface area contributed by atoms with Gasteiger partial charge >= 0.3 is 5.97 Å². The summed E-state index contributed by atoms with van der Waals surface area (Å²) in [5.74, 6) is -0.572. The summed E-state index contributed by atoms with van der Waals surface area (Å²) < 4.78 is 35.0. The molecule has 0 amide bonds. The van der Waals surface area contributed by atoms with Crippen LogP contribution in [0.5, 0.6) is 11.5 Å². The van der Waals surface area contributed by atoms with Crippen molar-refractivity contribution in [1.82, 2.24) is 0 Å². The van der Waals surface area contributed by atoms with Crippen LogP contribution < -0.4 is 9.46 Å². The molecular weight excluding hydrogens is 478 g/mol. The number of methoxy groups -OCH3 is 1. The Balaban J connectivity index is 2.04. The Hall–Kier alpha value is -4.04. The maximum atomic E-state index is 13.3. The second kappa shape index (κ2) is 9.20. The van der Waals surface area contributed by atoms with E-state index in [9.17, 15) is 23.4 Å². The molecular formula is C28H27NO6S. The van der Waals surface area contributed by atoms with E-state index in [1.54, 1.807) is 44.2 Å². The molecule has 0 bridgehead atoms. The molecule has 0 atom stereocenters. The molecule has 4 aromatic carbocycles. The van der Waals surface area contributed by atoms with E-state index in [4.69, 9.17) is 4.74 Å². The van der Waals surface area contributed by atoms with Gasteiger partial charge in [-0.15, -0.1) is 0 Å². The van der Waals surface area contributed by atoms with E-state index in [0.717, 1.165) is 5.56 Å². The number of aromatic hydroxyl groups is 1. The molecule has 186 valence electrons. The molecule has 0 aliphatic rings. The number of ether oxygens (including phenoxy) is 1. The van der Waals surface area contributed by atoms with Crippen molar-refractivity contribution in [3.63, 3.8) is 0 Å². The van der Waals surface area contributed by atoms with Crippen LogP contribution in [0.3, 0.4) is 0 Å². The molecule has 0 aromatic heterocycles. The minimum Gasteiger partial charge on any atom is -0.507 e. The van der Waals surface area contributed by atoms with E-state index in [1.807, 2.05) is 13.8 Å². The summed E-state index contributed by atoms with van der Waals surface area (Å²) in [5.41, 5.74) is 4.06. The van der Waals surface area contributed by atoms with Gasteiger partial charge in [0.25, 0.3) is 10.0 Å². The van der Waals surface area contributed by atoms with Crippen LogP contribution in [-0.4, -0.2) is 31.7 Å². The number of phenolic OH excluding ortho intramolecular Hbond substituents is 1. The summed E-state index contributed by atoms with van der Waals surface area (Å²) >= 11 is 0. The van der Waals surface area contributed by atoms with Crippen LogP contribution in [0.4, 0.5) is 5.69 Å². The molecule has 0 unspecified atom stereocenters. The van der Waals surface area contributed by atoms with Crippen molar-refractivity contribution in [2.45, 2.75) is 32.6 Å². The van der Waals surface area contributed by atoms with Gasteiger partial charge < -0.3 is 14.9 Å². The maximum absolute atomic E-state index is 13.3. The first kappa shape index (κ1) is 25.1. The van der Waals surface area contributed by atoms with E-state index in [1.165, 1.54) is 31.4 Å². The number of nitrogens with one attached hydrogen (secondary N) is 1. The average Bonchev–Trinajstić information content (AvgIpc) is 2.80. The third kappa shape index (κ3) is 4.24. The van der Waals surface area contributed by atoms with E-state index in [2.05, 4.69) is 4.72 Å². The molecule has 4 aromatic rings. The molecule has 8 heteroatoms. The monoisotopic (exact) mass is 505 g/mol. The number of carbonyl (C=O) groups is 1. The van der Waals surface area contributed by atoms with Crippen LogP contribution in [0, 0.1) is 27.7 Å². The highest BCUT2D eigenvalue weighted by Gasteiger charge is 2.25. The molecule has 7 nitrogen and oxygen atoms in total. The van der Waals surface area contributed by atoms with E-state index in [-0.39, 0.29) is 21.9 Å². The summed E-state index contributed by atoms with van der Waals surface area (Å²) in [4.78, 5) is 11.8. The lowest BCUT2D eigenvalue weighted by Crippen LogP contribution is -2.14. The van der Waals surface area contributed by atoms with Gasteiger partial charge in [0.2, 0.25) is 0 Å². The topological polar surface area (TPSA) is 113 Å². The van der Waals surface area contributed by atoms with Gasteiger partial charge in [-0.25, -0.2) is 13.2 Å². The molecule has 0 saturated carbocycles. The molecule has 0 heterocycles. The first-order valence-corrected chi connectivity index (χ1v) is 12.7. The lowest BCUT2D eigenvalue weighted by molar-refractivity contribution is 0.0696. The number of rotatable bonds is 6. The van der Waals surface area contributed by atoms with Crippen LogP contribution >= 0.6 is 0 Å². The Morgan fingerprint density at radius 3 is 2.11 bits per heavy atom. The Kier molecular flexibility index (Phi) is 6.41. The maximum Gasteiger partial charge on any atom is 0.335 e. The minimum atomic E-state index is -3.96. The normalized spacial score (nSPS) is 11.5. The number of aromatic carboxylic acids is 1. The molecule has 3 N–H and O–H groups in total. The lowest BCUT2D eigenvalue weighted by atomic mass is 9.89. The molecule has 0 radical (unpaired) electrons. The molecule has 36 heavy (non-hydrogen) atoms. The molecule has 0 fully saturated rings. The van der Waals surface area contributed by atoms with Gasteiger partial charge in [0.15, 0.2) is 0 Å². The van der Waals surface area contributed by atoms with Gasteiger partial charge in [0.1, 0.15) is 11.5 Å². The first-order chi connectivity index (χ1) is 17.0. The second-order valence-electron chi connectivity index (χ2n) is 8.79. The highest BCUT2D eigenvalue weighted by atomic mass is 32.2. The SMILES string of the molecule is COc1c(C)cc(NS(=O)(=O)c2ccc(C)cc2)c(-c2c(O)ccc3c(C)c(C(=O)O)ccc23)c1C. The number of carboxylic acids is 1. The van der Waals surface area contributed by atoms with Crippen LogP contribution in [0.1, 0.15) is 32.6 Å². The van der Waals surface area contributed by atoms with Gasteiger partial charge in [-0.3, -0.25) is 4.72 Å². The van der Waals surface area contributed by atoms with Crippen molar-refractivity contribution in [3.8, 4) is 22.6 Å². The van der Waals surface area contributed by atoms with Crippen molar-refractivity contribution in [2.24, 2.45) is 0 Å². The van der Waals surface area contributed by atoms with Gasteiger partial charge in [-0.05, 0) is 79.9 Å². The molecule has 0 aliphatic heterocycles. The predicted molar refractivity (Wildman–Crippen MR) is 141 cm³/mol. The van der Waals surface area contributed by atoms with Crippen LogP contribution in [-0.2, 0) is 10.0 Å². The number of phenols is 1. The Morgan fingerprint density at radius 1 is 0.861 bits per heavy atom. The predicted octanol–water partition coefficient (Wildman–Crippen LogP) is 5.95. The van der Waals surface area contributed by atoms with E-state index >= 15 is 0 Å². The number of sulfonamides is 1. The van der Waals surface area contributed by atoms with Crippen molar-refractivity contribution < 1.29 is 28.2 Å². The van der Waals surface area contributed by atoms with E-state index < -0.39 is 16.0 Å². The summed E-state index contributed by atoms with van der Waals surface area (Å²) in [5, 5.41) is 21.8. The summed E-state index contributed by atoms with van der Waals surface area (Å²) in [6.45, 7) is 7.18. The highest BCUT2D eigenvalue weighted by Crippen LogP contribution is 2.46. The number of carboxylic acid groups (broad SMARTS) is 1. The standard InChI is InChI=1S/C28H27NO6S/c1-15-6-8-19(9-7-15)36(33,34)29-23-14-16(2)27(35-5)18(4)25(23)26-22-11-10-21(28(31)32)17(3)20(22)12-13-24(26)30/h6-14,29-30H,1-5H3,(H,31,32).